The number of carbonyl (C=O) groups excluding carboxylic acids is 2. The minimum Gasteiger partial charge on any atom is -0.375 e. The summed E-state index contributed by atoms with van der Waals surface area (Å²) in [5.41, 5.74) is -0.716. The number of likely N-dealkylation sites (tertiary alicyclic amines) is 1. The Bertz CT molecular complexity index is 687. The molecular weight excluding hydrogens is 358 g/mol. The minimum absolute atomic E-state index is 0.00403. The fraction of sp³-hybridized carbons (Fsp3) is 0.882. The van der Waals surface area contributed by atoms with Gasteiger partial charge < -0.3 is 15.0 Å². The highest BCUT2D eigenvalue weighted by Crippen LogP contribution is 2.62. The summed E-state index contributed by atoms with van der Waals surface area (Å²) in [5.74, 6) is -0.0603. The Hall–Kier alpha value is -1.19. The van der Waals surface area contributed by atoms with Gasteiger partial charge in [-0.05, 0) is 37.0 Å². The average Bonchev–Trinajstić information content (AvgIpc) is 3.13. The molecule has 2 amide bonds. The van der Waals surface area contributed by atoms with Gasteiger partial charge in [0, 0.05) is 40.3 Å². The van der Waals surface area contributed by atoms with Crippen LogP contribution in [0.2, 0.25) is 0 Å². The summed E-state index contributed by atoms with van der Waals surface area (Å²) >= 11 is 0. The molecule has 0 unspecified atom stereocenters. The average molecular weight is 388 g/mol. The molecule has 0 radical (unpaired) electrons. The zero-order chi connectivity index (χ0) is 19.2. The third-order valence-corrected chi connectivity index (χ3v) is 8.06. The van der Waals surface area contributed by atoms with Crippen LogP contribution in [0.1, 0.15) is 25.7 Å². The van der Waals surface area contributed by atoms with Crippen molar-refractivity contribution in [1.29, 1.82) is 0 Å². The van der Waals surface area contributed by atoms with Gasteiger partial charge in [-0.2, -0.15) is 0 Å². The van der Waals surface area contributed by atoms with Crippen LogP contribution < -0.4 is 5.32 Å². The molecule has 2 aliphatic heterocycles. The van der Waals surface area contributed by atoms with E-state index in [9.17, 15) is 18.0 Å². The van der Waals surface area contributed by atoms with Crippen molar-refractivity contribution in [2.45, 2.75) is 25.7 Å². The third kappa shape index (κ3) is 3.03. The van der Waals surface area contributed by atoms with E-state index in [1.165, 1.54) is 17.7 Å². The lowest BCUT2D eigenvalue weighted by molar-refractivity contribution is -0.139. The van der Waals surface area contributed by atoms with Gasteiger partial charge in [0.15, 0.2) is 0 Å². The van der Waals surface area contributed by atoms with E-state index in [0.29, 0.717) is 26.1 Å². The standard InChI is InChI=1S/C17H29N3O5S/c1-18-15(22)17-5-4-16(13(17)10-20(12-17)26(3,23)24)6-8-19(9-7-16)14(21)11-25-2/h13H,4-12H2,1-3H3,(H,18,22)/t13-,17+/m0/s1. The van der Waals surface area contributed by atoms with E-state index in [1.54, 1.807) is 7.05 Å². The summed E-state index contributed by atoms with van der Waals surface area (Å²) in [6.45, 7) is 2.03. The van der Waals surface area contributed by atoms with Gasteiger partial charge in [-0.25, -0.2) is 12.7 Å². The highest BCUT2D eigenvalue weighted by molar-refractivity contribution is 7.88. The Kier molecular flexibility index (Phi) is 5.09. The lowest BCUT2D eigenvalue weighted by Gasteiger charge is -2.44. The topological polar surface area (TPSA) is 96.0 Å². The van der Waals surface area contributed by atoms with E-state index in [1.807, 2.05) is 4.90 Å². The number of hydrogen-bond donors (Lipinski definition) is 1. The van der Waals surface area contributed by atoms with Crippen LogP contribution in [0.5, 0.6) is 0 Å². The molecule has 3 aliphatic rings. The van der Waals surface area contributed by atoms with Crippen molar-refractivity contribution in [1.82, 2.24) is 14.5 Å². The molecule has 3 fully saturated rings. The molecule has 1 spiro atoms. The fourth-order valence-corrected chi connectivity index (χ4v) is 6.29. The molecule has 1 aliphatic carbocycles. The van der Waals surface area contributed by atoms with E-state index < -0.39 is 15.4 Å². The Balaban J connectivity index is 1.83. The number of amides is 2. The van der Waals surface area contributed by atoms with E-state index >= 15 is 0 Å². The summed E-state index contributed by atoms with van der Waals surface area (Å²) < 4.78 is 30.7. The highest BCUT2D eigenvalue weighted by Gasteiger charge is 2.65. The van der Waals surface area contributed by atoms with Crippen LogP contribution in [-0.2, 0) is 24.3 Å². The van der Waals surface area contributed by atoms with Gasteiger partial charge in [0.05, 0.1) is 11.7 Å². The largest absolute Gasteiger partial charge is 0.375 e. The number of methoxy groups -OCH3 is 1. The molecule has 0 aromatic rings. The van der Waals surface area contributed by atoms with Gasteiger partial charge in [-0.15, -0.1) is 0 Å². The molecular formula is C17H29N3O5S. The van der Waals surface area contributed by atoms with E-state index in [-0.39, 0.29) is 36.3 Å². The zero-order valence-electron chi connectivity index (χ0n) is 15.8. The van der Waals surface area contributed by atoms with Crippen molar-refractivity contribution in [3.63, 3.8) is 0 Å². The van der Waals surface area contributed by atoms with Crippen molar-refractivity contribution in [3.8, 4) is 0 Å². The second-order valence-corrected chi connectivity index (χ2v) is 10.0. The summed E-state index contributed by atoms with van der Waals surface area (Å²) in [5, 5.41) is 2.77. The molecule has 0 aromatic carbocycles. The molecule has 2 heterocycles. The maximum absolute atomic E-state index is 12.8. The summed E-state index contributed by atoms with van der Waals surface area (Å²) in [4.78, 5) is 26.7. The normalized spacial score (nSPS) is 31.2. The number of piperidine rings is 1. The van der Waals surface area contributed by atoms with Crippen LogP contribution >= 0.6 is 0 Å². The van der Waals surface area contributed by atoms with Gasteiger partial charge in [0.1, 0.15) is 6.61 Å². The first kappa shape index (κ1) is 19.6. The summed E-state index contributed by atoms with van der Waals surface area (Å²) in [7, 11) is -0.210. The minimum atomic E-state index is -3.34. The zero-order valence-corrected chi connectivity index (χ0v) is 16.6. The molecule has 8 nitrogen and oxygen atoms in total. The molecule has 148 valence electrons. The first-order valence-corrected chi connectivity index (χ1v) is 11.0. The second-order valence-electron chi connectivity index (χ2n) is 8.02. The number of nitrogens with zero attached hydrogens (tertiary/aromatic N) is 2. The summed E-state index contributed by atoms with van der Waals surface area (Å²) in [6, 6.07) is 0. The fourth-order valence-electron chi connectivity index (χ4n) is 5.41. The van der Waals surface area contributed by atoms with Crippen LogP contribution in [0.15, 0.2) is 0 Å². The molecule has 9 heteroatoms. The van der Waals surface area contributed by atoms with Crippen LogP contribution in [0.25, 0.3) is 0 Å². The quantitative estimate of drug-likeness (QED) is 0.712. The predicted octanol–water partition coefficient (Wildman–Crippen LogP) is -0.341. The second kappa shape index (κ2) is 6.76. The molecule has 2 saturated heterocycles. The first-order valence-electron chi connectivity index (χ1n) is 9.12. The van der Waals surface area contributed by atoms with Gasteiger partial charge in [0.2, 0.25) is 21.8 Å². The van der Waals surface area contributed by atoms with Crippen molar-refractivity contribution in [3.05, 3.63) is 0 Å². The Morgan fingerprint density at radius 3 is 2.38 bits per heavy atom. The maximum atomic E-state index is 12.8. The smallest absolute Gasteiger partial charge is 0.248 e. The van der Waals surface area contributed by atoms with E-state index in [0.717, 1.165) is 19.3 Å². The monoisotopic (exact) mass is 387 g/mol. The highest BCUT2D eigenvalue weighted by atomic mass is 32.2. The van der Waals surface area contributed by atoms with Gasteiger partial charge >= 0.3 is 0 Å². The van der Waals surface area contributed by atoms with Crippen LogP contribution in [-0.4, -0.2) is 82.6 Å². The van der Waals surface area contributed by atoms with Gasteiger partial charge in [0.25, 0.3) is 0 Å². The number of carbonyl (C=O) groups is 2. The molecule has 26 heavy (non-hydrogen) atoms. The van der Waals surface area contributed by atoms with Crippen LogP contribution in [0.3, 0.4) is 0 Å². The lowest BCUT2D eigenvalue weighted by atomic mass is 9.65. The molecule has 1 N–H and O–H groups in total. The molecule has 3 rings (SSSR count). The van der Waals surface area contributed by atoms with Crippen molar-refractivity contribution < 1.29 is 22.7 Å². The van der Waals surface area contributed by atoms with Crippen molar-refractivity contribution >= 4 is 21.8 Å². The third-order valence-electron chi connectivity index (χ3n) is 6.85. The predicted molar refractivity (Wildman–Crippen MR) is 95.8 cm³/mol. The van der Waals surface area contributed by atoms with Gasteiger partial charge in [-0.3, -0.25) is 9.59 Å². The number of rotatable bonds is 4. The SMILES string of the molecule is CNC(=O)[C@@]12CCC3(CCN(C(=O)COC)CC3)[C@@H]1CN(S(C)(=O)=O)C2. The number of hydrogen-bond acceptors (Lipinski definition) is 5. The first-order chi connectivity index (χ1) is 12.2. The molecule has 0 bridgehead atoms. The Morgan fingerprint density at radius 1 is 1.19 bits per heavy atom. The Labute approximate surface area is 155 Å². The van der Waals surface area contributed by atoms with Crippen molar-refractivity contribution in [2.75, 3.05) is 53.2 Å². The van der Waals surface area contributed by atoms with Crippen LogP contribution in [0, 0.1) is 16.7 Å². The number of fused-ring (bicyclic) bond motifs is 2. The van der Waals surface area contributed by atoms with Gasteiger partial charge in [-0.1, -0.05) is 0 Å². The van der Waals surface area contributed by atoms with Crippen molar-refractivity contribution in [2.24, 2.45) is 16.7 Å². The Morgan fingerprint density at radius 2 is 1.85 bits per heavy atom. The molecule has 2 atom stereocenters. The summed E-state index contributed by atoms with van der Waals surface area (Å²) in [6.07, 6.45) is 4.45. The molecule has 0 aromatic heterocycles. The number of sulfonamides is 1. The lowest BCUT2D eigenvalue weighted by Crippen LogP contribution is -2.49. The van der Waals surface area contributed by atoms with Crippen LogP contribution in [0.4, 0.5) is 0 Å². The maximum Gasteiger partial charge on any atom is 0.248 e. The van der Waals surface area contributed by atoms with E-state index in [4.69, 9.17) is 4.74 Å². The molecule has 1 saturated carbocycles. The number of nitrogens with one attached hydrogen (secondary N) is 1. The van der Waals surface area contributed by atoms with E-state index in [2.05, 4.69) is 5.32 Å². The number of ether oxygens (including phenoxy) is 1.